The number of rotatable bonds is 4. The minimum absolute atomic E-state index is 0.414. The van der Waals surface area contributed by atoms with Gasteiger partial charge in [0.1, 0.15) is 23.3 Å². The van der Waals surface area contributed by atoms with Crippen LogP contribution in [0.2, 0.25) is 0 Å². The summed E-state index contributed by atoms with van der Waals surface area (Å²) in [5.74, 6) is 0. The van der Waals surface area contributed by atoms with Crippen LogP contribution in [0.3, 0.4) is 0 Å². The zero-order valence-corrected chi connectivity index (χ0v) is 40.1. The van der Waals surface area contributed by atoms with E-state index in [1.54, 1.807) is 22.7 Å². The summed E-state index contributed by atoms with van der Waals surface area (Å²) in [6.45, 7) is 4.25. The largest absolute Gasteiger partial charge is 0.306 e. The molecule has 5 nitrogen and oxygen atoms in total. The fourth-order valence-corrected chi connectivity index (χ4v) is 14.4. The Kier molecular flexibility index (Phi) is 8.31. The minimum atomic E-state index is 0.414. The molecule has 0 bridgehead atoms. The predicted molar refractivity (Wildman–Crippen MR) is 300 cm³/mol. The second kappa shape index (κ2) is 14.8. The molecule has 10 aromatic carbocycles. The molecule has 0 unspecified atom stereocenters. The predicted octanol–water partition coefficient (Wildman–Crippen LogP) is 17.7. The Labute approximate surface area is 414 Å². The van der Waals surface area contributed by atoms with Crippen LogP contribution in [0.1, 0.15) is 22.3 Å². The summed E-state index contributed by atoms with van der Waals surface area (Å²) in [6, 6.07) is 72.8. The molecule has 0 radical (unpaired) electrons. The second-order valence-electron chi connectivity index (χ2n) is 18.7. The third kappa shape index (κ3) is 5.37. The van der Waals surface area contributed by atoms with Crippen molar-refractivity contribution in [2.45, 2.75) is 13.8 Å². The smallest absolute Gasteiger partial charge is 0.104 e. The molecular weight excluding hydrogens is 903 g/mol. The molecule has 0 atom stereocenters. The summed E-state index contributed by atoms with van der Waals surface area (Å²) in [5.41, 5.74) is 12.7. The Morgan fingerprint density at radius 1 is 0.352 bits per heavy atom. The van der Waals surface area contributed by atoms with Crippen LogP contribution in [-0.2, 0) is 0 Å². The van der Waals surface area contributed by atoms with Gasteiger partial charge in [-0.3, -0.25) is 0 Å². The summed E-state index contributed by atoms with van der Waals surface area (Å²) in [5, 5.41) is 36.0. The first-order chi connectivity index (χ1) is 35.0. The van der Waals surface area contributed by atoms with Crippen molar-refractivity contribution in [3.05, 3.63) is 210 Å². The van der Waals surface area contributed by atoms with E-state index in [1.165, 1.54) is 30.9 Å². The summed E-state index contributed by atoms with van der Waals surface area (Å²) >= 11 is 3.58. The van der Waals surface area contributed by atoms with Crippen LogP contribution < -0.4 is 0 Å². The zero-order valence-electron chi connectivity index (χ0n) is 38.5. The molecule has 0 amide bonds. The molecule has 5 aromatic heterocycles. The highest BCUT2D eigenvalue weighted by Gasteiger charge is 2.34. The molecule has 5 heterocycles. The highest BCUT2D eigenvalue weighted by Crippen LogP contribution is 2.52. The molecule has 330 valence electrons. The van der Waals surface area contributed by atoms with Crippen molar-refractivity contribution in [1.82, 2.24) is 13.7 Å². The average molecular weight is 940 g/mol. The van der Waals surface area contributed by atoms with Gasteiger partial charge in [0.05, 0.1) is 59.6 Å². The van der Waals surface area contributed by atoms with Gasteiger partial charge in [0.15, 0.2) is 0 Å². The molecule has 0 aliphatic heterocycles. The number of aromatic nitrogens is 3. The third-order valence-electron chi connectivity index (χ3n) is 14.8. The number of nitrogens with zero attached hydrogens (tertiary/aromatic N) is 5. The third-order valence-corrected chi connectivity index (χ3v) is 17.2. The maximum Gasteiger partial charge on any atom is 0.104 e. The van der Waals surface area contributed by atoms with Gasteiger partial charge in [-0.1, -0.05) is 151 Å². The van der Waals surface area contributed by atoms with E-state index in [-0.39, 0.29) is 0 Å². The standard InChI is InChI=1S/C64H37N5S2/c1-36-24-30-53-47(32-36)48-33-37(2)25-31-54(48)67(53)58-49(34-65)59(68-51-20-10-6-16-39(51)43-26-28-45-41-18-8-12-22-55(41)70-63(45)61(43)68)57(38-14-4-3-5-15-38)60(50(58)35-66)69-52-21-11-7-17-40(52)44-27-29-46-42-19-9-13-23-56(42)71-64(46)62(44)69/h3-33H,1-2H3. The normalized spacial score (nSPS) is 12.1. The molecule has 0 aliphatic carbocycles. The van der Waals surface area contributed by atoms with Crippen molar-refractivity contribution < 1.29 is 0 Å². The first-order valence-electron chi connectivity index (χ1n) is 23.8. The lowest BCUT2D eigenvalue weighted by Crippen LogP contribution is -2.14. The molecule has 0 spiro atoms. The van der Waals surface area contributed by atoms with Gasteiger partial charge in [-0.15, -0.1) is 22.7 Å². The molecule has 0 saturated heterocycles. The van der Waals surface area contributed by atoms with Crippen molar-refractivity contribution >= 4 is 128 Å². The summed E-state index contributed by atoms with van der Waals surface area (Å²) in [7, 11) is 0. The summed E-state index contributed by atoms with van der Waals surface area (Å²) in [4.78, 5) is 0. The number of aryl methyl sites for hydroxylation is 2. The van der Waals surface area contributed by atoms with E-state index in [0.717, 1.165) is 108 Å². The van der Waals surface area contributed by atoms with E-state index in [9.17, 15) is 10.5 Å². The zero-order chi connectivity index (χ0) is 47.2. The number of benzene rings is 10. The van der Waals surface area contributed by atoms with E-state index in [2.05, 4.69) is 222 Å². The van der Waals surface area contributed by atoms with Gasteiger partial charge in [-0.2, -0.15) is 10.5 Å². The van der Waals surface area contributed by atoms with Crippen LogP contribution in [0.4, 0.5) is 0 Å². The van der Waals surface area contributed by atoms with Crippen LogP contribution in [-0.4, -0.2) is 13.7 Å². The lowest BCUT2D eigenvalue weighted by atomic mass is 9.91. The van der Waals surface area contributed by atoms with Gasteiger partial charge < -0.3 is 13.7 Å². The molecule has 7 heteroatoms. The van der Waals surface area contributed by atoms with Crippen LogP contribution in [0.25, 0.3) is 134 Å². The van der Waals surface area contributed by atoms with E-state index in [1.807, 2.05) is 6.07 Å². The van der Waals surface area contributed by atoms with Crippen LogP contribution in [0, 0.1) is 36.5 Å². The van der Waals surface area contributed by atoms with Crippen LogP contribution >= 0.6 is 22.7 Å². The quantitative estimate of drug-likeness (QED) is 0.176. The van der Waals surface area contributed by atoms with Crippen molar-refractivity contribution in [2.24, 2.45) is 0 Å². The van der Waals surface area contributed by atoms with E-state index in [0.29, 0.717) is 16.8 Å². The Morgan fingerprint density at radius 2 is 0.761 bits per heavy atom. The fourth-order valence-electron chi connectivity index (χ4n) is 11.9. The van der Waals surface area contributed by atoms with E-state index >= 15 is 0 Å². The maximum atomic E-state index is 12.4. The Hall–Kier alpha value is -8.98. The number of thiophene rings is 2. The van der Waals surface area contributed by atoms with Crippen LogP contribution in [0.15, 0.2) is 188 Å². The van der Waals surface area contributed by atoms with E-state index in [4.69, 9.17) is 0 Å². The van der Waals surface area contributed by atoms with E-state index < -0.39 is 0 Å². The average Bonchev–Trinajstić information content (AvgIpc) is 4.22. The van der Waals surface area contributed by atoms with Gasteiger partial charge >= 0.3 is 0 Å². The van der Waals surface area contributed by atoms with Crippen molar-refractivity contribution in [3.8, 4) is 40.3 Å². The Balaban J connectivity index is 1.27. The minimum Gasteiger partial charge on any atom is -0.306 e. The molecule has 0 N–H and O–H groups in total. The lowest BCUT2D eigenvalue weighted by molar-refractivity contribution is 1.08. The van der Waals surface area contributed by atoms with Gasteiger partial charge in [0.25, 0.3) is 0 Å². The van der Waals surface area contributed by atoms with Gasteiger partial charge in [0, 0.05) is 68.8 Å². The van der Waals surface area contributed by atoms with Gasteiger partial charge in [-0.25, -0.2) is 0 Å². The second-order valence-corrected chi connectivity index (χ2v) is 20.8. The number of hydrogen-bond acceptors (Lipinski definition) is 4. The summed E-state index contributed by atoms with van der Waals surface area (Å²) < 4.78 is 11.7. The van der Waals surface area contributed by atoms with Gasteiger partial charge in [-0.05, 0) is 67.9 Å². The SMILES string of the molecule is Cc1ccc2c(c1)c1cc(C)ccc1n2-c1c(C#N)c(-n2c3ccccc3c3ccc4c5ccccc5sc4c32)c(-c2ccccc2)c(-n2c3ccccc3c3ccc4c5ccccc5sc4c32)c1C#N. The molecule has 0 aliphatic rings. The monoisotopic (exact) mass is 939 g/mol. The van der Waals surface area contributed by atoms with Crippen LogP contribution in [0.5, 0.6) is 0 Å². The summed E-state index contributed by atoms with van der Waals surface area (Å²) in [6.07, 6.45) is 0. The molecule has 0 fully saturated rings. The topological polar surface area (TPSA) is 62.4 Å². The Bertz CT molecular complexity index is 4640. The number of fused-ring (bicyclic) bond motifs is 17. The van der Waals surface area contributed by atoms with Crippen molar-refractivity contribution in [3.63, 3.8) is 0 Å². The lowest BCUT2D eigenvalue weighted by Gasteiger charge is -2.26. The number of nitriles is 2. The van der Waals surface area contributed by atoms with Gasteiger partial charge in [0.2, 0.25) is 0 Å². The number of para-hydroxylation sites is 2. The Morgan fingerprint density at radius 3 is 1.24 bits per heavy atom. The highest BCUT2D eigenvalue weighted by molar-refractivity contribution is 7.27. The first-order valence-corrected chi connectivity index (χ1v) is 25.4. The molecule has 15 rings (SSSR count). The fraction of sp³-hybridized carbons (Fsp3) is 0.0312. The molecular formula is C64H37N5S2. The maximum absolute atomic E-state index is 12.4. The molecule has 0 saturated carbocycles. The van der Waals surface area contributed by atoms with Crippen molar-refractivity contribution in [1.29, 1.82) is 10.5 Å². The molecule has 15 aromatic rings. The highest BCUT2D eigenvalue weighted by atomic mass is 32.1. The van der Waals surface area contributed by atoms with Crippen molar-refractivity contribution in [2.75, 3.05) is 0 Å². The first kappa shape index (κ1) is 40.0. The number of hydrogen-bond donors (Lipinski definition) is 0. The molecule has 71 heavy (non-hydrogen) atoms.